The van der Waals surface area contributed by atoms with Gasteiger partial charge in [-0.2, -0.15) is 11.8 Å². The summed E-state index contributed by atoms with van der Waals surface area (Å²) in [6.45, 7) is 11.0. The van der Waals surface area contributed by atoms with Crippen molar-refractivity contribution in [3.05, 3.63) is 0 Å². The summed E-state index contributed by atoms with van der Waals surface area (Å²) in [7, 11) is 0. The Morgan fingerprint density at radius 1 is 1.24 bits per heavy atom. The van der Waals surface area contributed by atoms with E-state index in [1.807, 2.05) is 11.8 Å². The molecule has 0 fully saturated rings. The first kappa shape index (κ1) is 20.7. The first-order chi connectivity index (χ1) is 9.72. The second-order valence-electron chi connectivity index (χ2n) is 7.01. The minimum absolute atomic E-state index is 0.0988. The largest absolute Gasteiger partial charge is 0.381 e. The number of nitrogens with one attached hydrogen (secondary N) is 1. The first-order valence-corrected chi connectivity index (χ1v) is 8.77. The smallest absolute Gasteiger partial charge is 0.248 e. The Bertz CT molecular complexity index is 297. The number of carbonyl (C=O) groups is 1. The minimum atomic E-state index is -0.198. The summed E-state index contributed by atoms with van der Waals surface area (Å²) >= 11 is 1.89. The van der Waals surface area contributed by atoms with Gasteiger partial charge in [-0.15, -0.1) is 0 Å². The molecule has 0 aromatic heterocycles. The van der Waals surface area contributed by atoms with Crippen molar-refractivity contribution in [3.8, 4) is 0 Å². The van der Waals surface area contributed by atoms with Gasteiger partial charge in [0.05, 0.1) is 6.61 Å². The van der Waals surface area contributed by atoms with E-state index in [9.17, 15) is 4.79 Å². The molecule has 0 unspecified atom stereocenters. The van der Waals surface area contributed by atoms with Crippen molar-refractivity contribution in [2.45, 2.75) is 40.5 Å². The lowest BCUT2D eigenvalue weighted by Gasteiger charge is -2.34. The molecule has 6 heteroatoms. The van der Waals surface area contributed by atoms with Gasteiger partial charge in [0, 0.05) is 13.2 Å². The van der Waals surface area contributed by atoms with Crippen LogP contribution in [0.1, 0.15) is 40.5 Å². The van der Waals surface area contributed by atoms with Crippen LogP contribution in [-0.2, 0) is 14.4 Å². The second kappa shape index (κ2) is 10.4. The number of ether oxygens (including phenoxy) is 1. The standard InChI is InChI=1S/C15H32N2O3S/c1-14(2,10-15(3,4)12-21-5)11-19-8-6-7-17-13(18)9-20-16/h6-12,16H2,1-5H3,(H,17,18). The first-order valence-electron chi connectivity index (χ1n) is 7.37. The highest BCUT2D eigenvalue weighted by atomic mass is 32.2. The lowest BCUT2D eigenvalue weighted by atomic mass is 9.76. The van der Waals surface area contributed by atoms with Gasteiger partial charge >= 0.3 is 0 Å². The second-order valence-corrected chi connectivity index (χ2v) is 7.87. The molecule has 126 valence electrons. The molecular weight excluding hydrogens is 288 g/mol. The average Bonchev–Trinajstić information content (AvgIpc) is 2.32. The Morgan fingerprint density at radius 3 is 2.48 bits per heavy atom. The molecule has 0 rings (SSSR count). The zero-order chi connectivity index (χ0) is 16.4. The summed E-state index contributed by atoms with van der Waals surface area (Å²) in [6, 6.07) is 0. The minimum Gasteiger partial charge on any atom is -0.381 e. The molecule has 0 heterocycles. The Balaban J connectivity index is 3.77. The van der Waals surface area contributed by atoms with Crippen molar-refractivity contribution in [2.24, 2.45) is 16.7 Å². The number of thioether (sulfide) groups is 1. The maximum Gasteiger partial charge on any atom is 0.248 e. The predicted octanol–water partition coefficient (Wildman–Crippen LogP) is 2.21. The van der Waals surface area contributed by atoms with Gasteiger partial charge in [-0.1, -0.05) is 27.7 Å². The normalized spacial score (nSPS) is 12.5. The van der Waals surface area contributed by atoms with Crippen LogP contribution in [0.4, 0.5) is 0 Å². The Kier molecular flexibility index (Phi) is 10.3. The zero-order valence-corrected chi connectivity index (χ0v) is 15.0. The van der Waals surface area contributed by atoms with E-state index in [1.54, 1.807) is 0 Å². The zero-order valence-electron chi connectivity index (χ0n) is 14.2. The van der Waals surface area contributed by atoms with E-state index in [0.29, 0.717) is 18.6 Å². The molecule has 0 atom stereocenters. The van der Waals surface area contributed by atoms with Crippen molar-refractivity contribution >= 4 is 17.7 Å². The third-order valence-electron chi connectivity index (χ3n) is 2.99. The summed E-state index contributed by atoms with van der Waals surface area (Å²) < 4.78 is 5.75. The molecule has 0 aromatic carbocycles. The molecule has 0 saturated heterocycles. The molecule has 0 spiro atoms. The van der Waals surface area contributed by atoms with E-state index in [1.165, 1.54) is 0 Å². The number of carbonyl (C=O) groups excluding carboxylic acids is 1. The van der Waals surface area contributed by atoms with Crippen molar-refractivity contribution in [1.29, 1.82) is 0 Å². The van der Waals surface area contributed by atoms with Gasteiger partial charge < -0.3 is 10.1 Å². The van der Waals surface area contributed by atoms with E-state index in [-0.39, 0.29) is 17.9 Å². The van der Waals surface area contributed by atoms with Crippen LogP contribution in [0, 0.1) is 10.8 Å². The highest BCUT2D eigenvalue weighted by Crippen LogP contribution is 2.35. The van der Waals surface area contributed by atoms with Gasteiger partial charge in [0.1, 0.15) is 6.61 Å². The average molecular weight is 320 g/mol. The van der Waals surface area contributed by atoms with E-state index in [4.69, 9.17) is 10.6 Å². The molecule has 5 nitrogen and oxygen atoms in total. The number of rotatable bonds is 12. The highest BCUT2D eigenvalue weighted by Gasteiger charge is 2.28. The van der Waals surface area contributed by atoms with Crippen molar-refractivity contribution < 1.29 is 14.4 Å². The lowest BCUT2D eigenvalue weighted by molar-refractivity contribution is -0.125. The molecule has 21 heavy (non-hydrogen) atoms. The molecule has 1 amide bonds. The molecule has 0 bridgehead atoms. The van der Waals surface area contributed by atoms with Gasteiger partial charge in [-0.3, -0.25) is 9.63 Å². The third-order valence-corrected chi connectivity index (χ3v) is 4.06. The molecule has 0 radical (unpaired) electrons. The van der Waals surface area contributed by atoms with Gasteiger partial charge in [0.2, 0.25) is 5.91 Å². The predicted molar refractivity (Wildman–Crippen MR) is 89.1 cm³/mol. The fourth-order valence-electron chi connectivity index (χ4n) is 2.67. The van der Waals surface area contributed by atoms with Crippen LogP contribution in [-0.4, -0.2) is 44.3 Å². The molecule has 3 N–H and O–H groups in total. The Morgan fingerprint density at radius 2 is 1.90 bits per heavy atom. The van der Waals surface area contributed by atoms with Crippen LogP contribution < -0.4 is 11.2 Å². The summed E-state index contributed by atoms with van der Waals surface area (Å²) in [4.78, 5) is 15.3. The number of hydrogen-bond donors (Lipinski definition) is 2. The molecule has 0 aliphatic carbocycles. The summed E-state index contributed by atoms with van der Waals surface area (Å²) in [5, 5.41) is 2.71. The van der Waals surface area contributed by atoms with Crippen LogP contribution in [0.5, 0.6) is 0 Å². The van der Waals surface area contributed by atoms with E-state index >= 15 is 0 Å². The molecule has 0 aliphatic heterocycles. The highest BCUT2D eigenvalue weighted by molar-refractivity contribution is 7.98. The number of hydrogen-bond acceptors (Lipinski definition) is 5. The number of nitrogens with two attached hydrogens (primary N) is 1. The third kappa shape index (κ3) is 12.0. The fraction of sp³-hybridized carbons (Fsp3) is 0.933. The molecule has 0 saturated carbocycles. The maximum absolute atomic E-state index is 11.1. The van der Waals surface area contributed by atoms with Crippen LogP contribution in [0.2, 0.25) is 0 Å². The lowest BCUT2D eigenvalue weighted by Crippen LogP contribution is -2.31. The Labute approximate surface area is 133 Å². The SMILES string of the molecule is CSCC(C)(C)CC(C)(C)COCCCNC(=O)CON. The van der Waals surface area contributed by atoms with Gasteiger partial charge in [0.25, 0.3) is 0 Å². The monoisotopic (exact) mass is 320 g/mol. The van der Waals surface area contributed by atoms with Gasteiger partial charge in [0.15, 0.2) is 0 Å². The van der Waals surface area contributed by atoms with E-state index < -0.39 is 0 Å². The van der Waals surface area contributed by atoms with E-state index in [0.717, 1.165) is 25.2 Å². The summed E-state index contributed by atoms with van der Waals surface area (Å²) in [6.07, 6.45) is 4.07. The molecular formula is C15H32N2O3S. The van der Waals surface area contributed by atoms with E-state index in [2.05, 4.69) is 44.1 Å². The fourth-order valence-corrected chi connectivity index (χ4v) is 3.55. The molecule has 0 aliphatic rings. The summed E-state index contributed by atoms with van der Waals surface area (Å²) in [5.41, 5.74) is 0.484. The van der Waals surface area contributed by atoms with Crippen LogP contribution in [0.3, 0.4) is 0 Å². The molecule has 0 aromatic rings. The summed E-state index contributed by atoms with van der Waals surface area (Å²) in [5.74, 6) is 5.77. The van der Waals surface area contributed by atoms with Crippen molar-refractivity contribution in [1.82, 2.24) is 5.32 Å². The van der Waals surface area contributed by atoms with Crippen LogP contribution in [0.15, 0.2) is 0 Å². The van der Waals surface area contributed by atoms with Gasteiger partial charge in [-0.25, -0.2) is 5.90 Å². The van der Waals surface area contributed by atoms with Crippen molar-refractivity contribution in [3.63, 3.8) is 0 Å². The number of amides is 1. The van der Waals surface area contributed by atoms with Crippen LogP contribution >= 0.6 is 11.8 Å². The Hall–Kier alpha value is -0.300. The topological polar surface area (TPSA) is 73.6 Å². The van der Waals surface area contributed by atoms with Crippen LogP contribution in [0.25, 0.3) is 0 Å². The van der Waals surface area contributed by atoms with Crippen molar-refractivity contribution in [2.75, 3.05) is 38.4 Å². The van der Waals surface area contributed by atoms with Gasteiger partial charge in [-0.05, 0) is 35.7 Å². The quantitative estimate of drug-likeness (QED) is 0.426. The maximum atomic E-state index is 11.1.